The van der Waals surface area contributed by atoms with Crippen LogP contribution in [0.3, 0.4) is 0 Å². The molecule has 1 aromatic rings. The van der Waals surface area contributed by atoms with Gasteiger partial charge in [-0.3, -0.25) is 0 Å². The monoisotopic (exact) mass is 208 g/mol. The van der Waals surface area contributed by atoms with Crippen LogP contribution in [-0.4, -0.2) is 33.4 Å². The first kappa shape index (κ1) is 10.1. The Morgan fingerprint density at radius 2 is 1.73 bits per heavy atom. The molecule has 0 unspecified atom stereocenters. The quantitative estimate of drug-likeness (QED) is 0.777. The number of methoxy groups -OCH3 is 2. The number of rotatable bonds is 4. The van der Waals surface area contributed by atoms with Gasteiger partial charge >= 0.3 is 0 Å². The van der Waals surface area contributed by atoms with Crippen LogP contribution in [0.4, 0.5) is 5.69 Å². The Morgan fingerprint density at radius 3 is 2.13 bits per heavy atom. The summed E-state index contributed by atoms with van der Waals surface area (Å²) in [5.41, 5.74) is 1.04. The van der Waals surface area contributed by atoms with E-state index in [1.54, 1.807) is 14.2 Å². The first-order valence-electron chi connectivity index (χ1n) is 5.02. The molecule has 0 saturated carbocycles. The van der Waals surface area contributed by atoms with Gasteiger partial charge in [-0.15, -0.1) is 0 Å². The van der Waals surface area contributed by atoms with Crippen molar-refractivity contribution in [2.24, 2.45) is 0 Å². The molecule has 0 amide bonds. The van der Waals surface area contributed by atoms with Gasteiger partial charge in [-0.25, -0.2) is 0 Å². The molecule has 0 aromatic heterocycles. The molecule has 1 aliphatic rings. The second-order valence-corrected chi connectivity index (χ2v) is 3.60. The SMILES string of the molecule is COc1cc(NC2CNC2)cc(OC)c1. The molecule has 4 heteroatoms. The molecule has 1 aliphatic heterocycles. The summed E-state index contributed by atoms with van der Waals surface area (Å²) in [5.74, 6) is 1.62. The van der Waals surface area contributed by atoms with Crippen molar-refractivity contribution in [1.29, 1.82) is 0 Å². The molecular formula is C11H16N2O2. The second-order valence-electron chi connectivity index (χ2n) is 3.60. The van der Waals surface area contributed by atoms with Gasteiger partial charge in [0.05, 0.1) is 20.3 Å². The van der Waals surface area contributed by atoms with Crippen LogP contribution in [0, 0.1) is 0 Å². The summed E-state index contributed by atoms with van der Waals surface area (Å²) in [4.78, 5) is 0. The molecule has 1 heterocycles. The smallest absolute Gasteiger partial charge is 0.124 e. The Hall–Kier alpha value is -1.42. The molecule has 2 rings (SSSR count). The van der Waals surface area contributed by atoms with E-state index in [4.69, 9.17) is 9.47 Å². The fourth-order valence-electron chi connectivity index (χ4n) is 1.52. The number of hydrogen-bond acceptors (Lipinski definition) is 4. The highest BCUT2D eigenvalue weighted by Gasteiger charge is 2.16. The van der Waals surface area contributed by atoms with Gasteiger partial charge in [-0.05, 0) is 0 Å². The third-order valence-corrected chi connectivity index (χ3v) is 2.50. The van der Waals surface area contributed by atoms with Crippen molar-refractivity contribution < 1.29 is 9.47 Å². The van der Waals surface area contributed by atoms with E-state index >= 15 is 0 Å². The van der Waals surface area contributed by atoms with Crippen LogP contribution < -0.4 is 20.1 Å². The van der Waals surface area contributed by atoms with E-state index < -0.39 is 0 Å². The summed E-state index contributed by atoms with van der Waals surface area (Å²) >= 11 is 0. The second kappa shape index (κ2) is 4.40. The highest BCUT2D eigenvalue weighted by Crippen LogP contribution is 2.26. The molecule has 0 spiro atoms. The lowest BCUT2D eigenvalue weighted by molar-refractivity contribution is 0.394. The Bertz CT molecular complexity index is 315. The maximum atomic E-state index is 5.19. The van der Waals surface area contributed by atoms with Gasteiger partial charge in [0.1, 0.15) is 11.5 Å². The van der Waals surface area contributed by atoms with Crippen LogP contribution in [0.1, 0.15) is 0 Å². The minimum atomic E-state index is 0.516. The van der Waals surface area contributed by atoms with Gasteiger partial charge in [-0.2, -0.15) is 0 Å². The van der Waals surface area contributed by atoms with Crippen molar-refractivity contribution in [1.82, 2.24) is 5.32 Å². The van der Waals surface area contributed by atoms with Gasteiger partial charge in [0.2, 0.25) is 0 Å². The van der Waals surface area contributed by atoms with Gasteiger partial charge in [-0.1, -0.05) is 0 Å². The Morgan fingerprint density at radius 1 is 1.13 bits per heavy atom. The van der Waals surface area contributed by atoms with Crippen molar-refractivity contribution in [3.05, 3.63) is 18.2 Å². The van der Waals surface area contributed by atoms with Crippen molar-refractivity contribution in [2.45, 2.75) is 6.04 Å². The molecule has 15 heavy (non-hydrogen) atoms. The lowest BCUT2D eigenvalue weighted by Crippen LogP contribution is -2.51. The van der Waals surface area contributed by atoms with Crippen molar-refractivity contribution in [3.8, 4) is 11.5 Å². The predicted octanol–water partition coefficient (Wildman–Crippen LogP) is 1.09. The van der Waals surface area contributed by atoms with E-state index in [2.05, 4.69) is 10.6 Å². The lowest BCUT2D eigenvalue weighted by atomic mass is 10.1. The molecule has 4 nitrogen and oxygen atoms in total. The number of benzene rings is 1. The average molecular weight is 208 g/mol. The Labute approximate surface area is 89.6 Å². The number of ether oxygens (including phenoxy) is 2. The van der Waals surface area contributed by atoms with Crippen LogP contribution >= 0.6 is 0 Å². The van der Waals surface area contributed by atoms with E-state index in [0.29, 0.717) is 6.04 Å². The third kappa shape index (κ3) is 2.33. The average Bonchev–Trinajstić information content (AvgIpc) is 2.23. The number of nitrogens with one attached hydrogen (secondary N) is 2. The zero-order valence-electron chi connectivity index (χ0n) is 9.04. The predicted molar refractivity (Wildman–Crippen MR) is 59.8 cm³/mol. The number of hydrogen-bond donors (Lipinski definition) is 2. The van der Waals surface area contributed by atoms with Crippen molar-refractivity contribution >= 4 is 5.69 Å². The molecule has 82 valence electrons. The van der Waals surface area contributed by atoms with Gasteiger partial charge < -0.3 is 20.1 Å². The summed E-state index contributed by atoms with van der Waals surface area (Å²) in [6, 6.07) is 6.33. The van der Waals surface area contributed by atoms with Crippen LogP contribution in [0.15, 0.2) is 18.2 Å². The van der Waals surface area contributed by atoms with Crippen LogP contribution in [0.25, 0.3) is 0 Å². The van der Waals surface area contributed by atoms with Gasteiger partial charge in [0, 0.05) is 37.0 Å². The minimum absolute atomic E-state index is 0.516. The molecule has 0 radical (unpaired) electrons. The zero-order valence-corrected chi connectivity index (χ0v) is 9.04. The van der Waals surface area contributed by atoms with Crippen LogP contribution in [0.5, 0.6) is 11.5 Å². The fraction of sp³-hybridized carbons (Fsp3) is 0.455. The van der Waals surface area contributed by atoms with E-state index in [1.165, 1.54) is 0 Å². The molecular weight excluding hydrogens is 192 g/mol. The molecule has 0 atom stereocenters. The molecule has 1 saturated heterocycles. The van der Waals surface area contributed by atoms with Crippen LogP contribution in [0.2, 0.25) is 0 Å². The van der Waals surface area contributed by atoms with E-state index in [1.807, 2.05) is 18.2 Å². The summed E-state index contributed by atoms with van der Waals surface area (Å²) in [6.07, 6.45) is 0. The fourth-order valence-corrected chi connectivity index (χ4v) is 1.52. The maximum absolute atomic E-state index is 5.19. The zero-order chi connectivity index (χ0) is 10.7. The van der Waals surface area contributed by atoms with Gasteiger partial charge in [0.25, 0.3) is 0 Å². The first-order chi connectivity index (χ1) is 7.31. The van der Waals surface area contributed by atoms with Gasteiger partial charge in [0.15, 0.2) is 0 Å². The number of anilines is 1. The largest absolute Gasteiger partial charge is 0.497 e. The summed E-state index contributed by atoms with van der Waals surface area (Å²) in [7, 11) is 3.31. The summed E-state index contributed by atoms with van der Waals surface area (Å²) in [5, 5.41) is 6.62. The lowest BCUT2D eigenvalue weighted by Gasteiger charge is -2.29. The molecule has 1 aromatic carbocycles. The minimum Gasteiger partial charge on any atom is -0.497 e. The molecule has 1 fully saturated rings. The van der Waals surface area contributed by atoms with E-state index in [-0.39, 0.29) is 0 Å². The van der Waals surface area contributed by atoms with E-state index in [9.17, 15) is 0 Å². The first-order valence-corrected chi connectivity index (χ1v) is 5.02. The van der Waals surface area contributed by atoms with Crippen molar-refractivity contribution in [2.75, 3.05) is 32.6 Å². The highest BCUT2D eigenvalue weighted by molar-refractivity contribution is 5.54. The Kier molecular flexibility index (Phi) is 2.97. The molecule has 0 bridgehead atoms. The van der Waals surface area contributed by atoms with Crippen LogP contribution in [-0.2, 0) is 0 Å². The normalized spacial score (nSPS) is 15.6. The third-order valence-electron chi connectivity index (χ3n) is 2.50. The molecule has 0 aliphatic carbocycles. The van der Waals surface area contributed by atoms with E-state index in [0.717, 1.165) is 30.3 Å². The highest BCUT2D eigenvalue weighted by atomic mass is 16.5. The maximum Gasteiger partial charge on any atom is 0.124 e. The summed E-state index contributed by atoms with van der Waals surface area (Å²) < 4.78 is 10.4. The Balaban J connectivity index is 2.13. The topological polar surface area (TPSA) is 42.5 Å². The van der Waals surface area contributed by atoms with Crippen molar-refractivity contribution in [3.63, 3.8) is 0 Å². The summed E-state index contributed by atoms with van der Waals surface area (Å²) in [6.45, 7) is 2.03. The molecule has 2 N–H and O–H groups in total. The standard InChI is InChI=1S/C11H16N2O2/c1-14-10-3-8(4-11(5-10)15-2)13-9-6-12-7-9/h3-5,9,12-13H,6-7H2,1-2H3.